The zero-order chi connectivity index (χ0) is 19.4. The average Bonchev–Trinajstić information content (AvgIpc) is 3.07. The Hall–Kier alpha value is -3.06. The summed E-state index contributed by atoms with van der Waals surface area (Å²) in [5.41, 5.74) is 4.25. The molecular weight excluding hydrogens is 365 g/mol. The molecule has 2 amide bonds. The van der Waals surface area contributed by atoms with Crippen molar-refractivity contribution >= 4 is 28.3 Å². The summed E-state index contributed by atoms with van der Waals surface area (Å²) >= 11 is 1.31. The summed E-state index contributed by atoms with van der Waals surface area (Å²) in [5.74, 6) is -1.42. The Labute approximate surface area is 160 Å². The van der Waals surface area contributed by atoms with Crippen LogP contribution < -0.4 is 10.6 Å². The zero-order valence-corrected chi connectivity index (χ0v) is 15.7. The van der Waals surface area contributed by atoms with Crippen molar-refractivity contribution < 1.29 is 14.0 Å². The van der Waals surface area contributed by atoms with Crippen LogP contribution in [-0.2, 0) is 4.79 Å². The molecule has 27 heavy (non-hydrogen) atoms. The van der Waals surface area contributed by atoms with E-state index in [4.69, 9.17) is 0 Å². The Morgan fingerprint density at radius 2 is 1.96 bits per heavy atom. The highest BCUT2D eigenvalue weighted by molar-refractivity contribution is 7.14. The topological polar surface area (TPSA) is 71.1 Å². The molecule has 1 heterocycles. The molecule has 3 rings (SSSR count). The number of amides is 2. The van der Waals surface area contributed by atoms with Crippen molar-refractivity contribution in [1.82, 2.24) is 10.3 Å². The standard InChI is InChI=1S/C20H18FN3O2S/c1-12-6-7-16(13(2)8-12)17-11-27-20(23-17)24-18(25)10-22-19(26)14-4-3-5-15(21)9-14/h3-9,11H,10H2,1-2H3,(H,22,26)(H,23,24,25). The summed E-state index contributed by atoms with van der Waals surface area (Å²) in [7, 11) is 0. The molecule has 0 aliphatic carbocycles. The first-order valence-corrected chi connectivity index (χ1v) is 9.17. The highest BCUT2D eigenvalue weighted by Crippen LogP contribution is 2.27. The molecule has 0 aliphatic rings. The van der Waals surface area contributed by atoms with E-state index in [1.54, 1.807) is 0 Å². The third kappa shape index (κ3) is 4.77. The molecule has 2 N–H and O–H groups in total. The van der Waals surface area contributed by atoms with Gasteiger partial charge in [0.1, 0.15) is 5.82 Å². The minimum Gasteiger partial charge on any atom is -0.343 e. The van der Waals surface area contributed by atoms with Crippen molar-refractivity contribution in [3.63, 3.8) is 0 Å². The lowest BCUT2D eigenvalue weighted by Gasteiger charge is -2.05. The van der Waals surface area contributed by atoms with Crippen LogP contribution in [0.25, 0.3) is 11.3 Å². The molecule has 0 unspecified atom stereocenters. The smallest absolute Gasteiger partial charge is 0.251 e. The SMILES string of the molecule is Cc1ccc(-c2csc(NC(=O)CNC(=O)c3cccc(F)c3)n2)c(C)c1. The Morgan fingerprint density at radius 3 is 2.70 bits per heavy atom. The van der Waals surface area contributed by atoms with Crippen LogP contribution in [0.4, 0.5) is 9.52 Å². The first-order valence-electron chi connectivity index (χ1n) is 8.29. The molecule has 0 saturated carbocycles. The van der Waals surface area contributed by atoms with Crippen LogP contribution in [0, 0.1) is 19.7 Å². The Balaban J connectivity index is 1.58. The van der Waals surface area contributed by atoms with Crippen LogP contribution in [-0.4, -0.2) is 23.3 Å². The van der Waals surface area contributed by atoms with Gasteiger partial charge in [0.25, 0.3) is 5.91 Å². The zero-order valence-electron chi connectivity index (χ0n) is 14.9. The van der Waals surface area contributed by atoms with Gasteiger partial charge in [-0.2, -0.15) is 0 Å². The molecule has 0 atom stereocenters. The molecule has 7 heteroatoms. The van der Waals surface area contributed by atoms with Gasteiger partial charge in [-0.3, -0.25) is 9.59 Å². The lowest BCUT2D eigenvalue weighted by Crippen LogP contribution is -2.32. The van der Waals surface area contributed by atoms with Crippen molar-refractivity contribution in [2.75, 3.05) is 11.9 Å². The summed E-state index contributed by atoms with van der Waals surface area (Å²) in [4.78, 5) is 28.4. The van der Waals surface area contributed by atoms with Gasteiger partial charge in [0.15, 0.2) is 5.13 Å². The van der Waals surface area contributed by atoms with Crippen LogP contribution >= 0.6 is 11.3 Å². The fourth-order valence-corrected chi connectivity index (χ4v) is 3.34. The molecule has 0 radical (unpaired) electrons. The number of rotatable bonds is 5. The number of nitrogens with one attached hydrogen (secondary N) is 2. The number of carbonyl (C=O) groups excluding carboxylic acids is 2. The lowest BCUT2D eigenvalue weighted by molar-refractivity contribution is -0.115. The first kappa shape index (κ1) is 18.7. The number of nitrogens with zero attached hydrogens (tertiary/aromatic N) is 1. The van der Waals surface area contributed by atoms with E-state index in [2.05, 4.69) is 21.7 Å². The van der Waals surface area contributed by atoms with E-state index in [0.29, 0.717) is 5.13 Å². The monoisotopic (exact) mass is 383 g/mol. The fourth-order valence-electron chi connectivity index (χ4n) is 2.61. The van der Waals surface area contributed by atoms with E-state index in [9.17, 15) is 14.0 Å². The second-order valence-corrected chi connectivity index (χ2v) is 6.96. The number of aromatic nitrogens is 1. The molecule has 0 fully saturated rings. The molecule has 2 aromatic carbocycles. The number of aryl methyl sites for hydroxylation is 2. The van der Waals surface area contributed by atoms with Gasteiger partial charge >= 0.3 is 0 Å². The van der Waals surface area contributed by atoms with E-state index in [1.807, 2.05) is 31.4 Å². The Morgan fingerprint density at radius 1 is 1.15 bits per heavy atom. The molecule has 5 nitrogen and oxygen atoms in total. The van der Waals surface area contributed by atoms with Gasteiger partial charge in [0.05, 0.1) is 12.2 Å². The van der Waals surface area contributed by atoms with Crippen molar-refractivity contribution in [2.45, 2.75) is 13.8 Å². The van der Waals surface area contributed by atoms with Gasteiger partial charge in [0, 0.05) is 16.5 Å². The number of hydrogen-bond acceptors (Lipinski definition) is 4. The van der Waals surface area contributed by atoms with Crippen molar-refractivity contribution in [3.8, 4) is 11.3 Å². The van der Waals surface area contributed by atoms with Crippen molar-refractivity contribution in [3.05, 3.63) is 70.4 Å². The third-order valence-corrected chi connectivity index (χ3v) is 4.66. The van der Waals surface area contributed by atoms with Crippen LogP contribution in [0.15, 0.2) is 47.8 Å². The van der Waals surface area contributed by atoms with E-state index in [0.717, 1.165) is 22.9 Å². The molecule has 0 spiro atoms. The van der Waals surface area contributed by atoms with E-state index in [1.165, 1.54) is 35.1 Å². The number of benzene rings is 2. The summed E-state index contributed by atoms with van der Waals surface area (Å²) in [6.07, 6.45) is 0. The number of hydrogen-bond donors (Lipinski definition) is 2. The predicted molar refractivity (Wildman–Crippen MR) is 104 cm³/mol. The fraction of sp³-hybridized carbons (Fsp3) is 0.150. The molecule has 0 bridgehead atoms. The van der Waals surface area contributed by atoms with E-state index < -0.39 is 17.6 Å². The highest BCUT2D eigenvalue weighted by Gasteiger charge is 2.12. The number of halogens is 1. The minimum atomic E-state index is -0.514. The summed E-state index contributed by atoms with van der Waals surface area (Å²) in [6, 6.07) is 11.4. The maximum atomic E-state index is 13.1. The predicted octanol–water partition coefficient (Wildman–Crippen LogP) is 3.93. The molecule has 1 aromatic heterocycles. The maximum Gasteiger partial charge on any atom is 0.251 e. The van der Waals surface area contributed by atoms with Gasteiger partial charge in [-0.25, -0.2) is 9.37 Å². The summed E-state index contributed by atoms with van der Waals surface area (Å²) in [5, 5.41) is 7.45. The van der Waals surface area contributed by atoms with Gasteiger partial charge in [0.2, 0.25) is 5.91 Å². The second-order valence-electron chi connectivity index (χ2n) is 6.10. The van der Waals surface area contributed by atoms with Gasteiger partial charge in [-0.05, 0) is 37.6 Å². The van der Waals surface area contributed by atoms with Gasteiger partial charge in [-0.15, -0.1) is 11.3 Å². The van der Waals surface area contributed by atoms with Crippen molar-refractivity contribution in [2.24, 2.45) is 0 Å². The van der Waals surface area contributed by atoms with E-state index >= 15 is 0 Å². The second kappa shape index (κ2) is 8.09. The largest absolute Gasteiger partial charge is 0.343 e. The molecule has 138 valence electrons. The Bertz CT molecular complexity index is 1000. The number of anilines is 1. The normalized spacial score (nSPS) is 10.5. The van der Waals surface area contributed by atoms with Crippen molar-refractivity contribution in [1.29, 1.82) is 0 Å². The summed E-state index contributed by atoms with van der Waals surface area (Å²) in [6.45, 7) is 3.82. The van der Waals surface area contributed by atoms with Gasteiger partial charge in [-0.1, -0.05) is 29.8 Å². The number of carbonyl (C=O) groups is 2. The highest BCUT2D eigenvalue weighted by atomic mass is 32.1. The summed E-state index contributed by atoms with van der Waals surface area (Å²) < 4.78 is 13.1. The molecule has 0 aliphatic heterocycles. The van der Waals surface area contributed by atoms with Gasteiger partial charge < -0.3 is 10.6 Å². The quantitative estimate of drug-likeness (QED) is 0.701. The molecule has 0 saturated heterocycles. The average molecular weight is 383 g/mol. The number of thiazole rings is 1. The van der Waals surface area contributed by atoms with Crippen LogP contribution in [0.2, 0.25) is 0 Å². The minimum absolute atomic E-state index is 0.161. The molecular formula is C20H18FN3O2S. The van der Waals surface area contributed by atoms with Crippen LogP contribution in [0.1, 0.15) is 21.5 Å². The molecule has 3 aromatic rings. The maximum absolute atomic E-state index is 13.1. The van der Waals surface area contributed by atoms with E-state index in [-0.39, 0.29) is 12.1 Å². The van der Waals surface area contributed by atoms with Crippen LogP contribution in [0.3, 0.4) is 0 Å². The third-order valence-electron chi connectivity index (χ3n) is 3.90. The lowest BCUT2D eigenvalue weighted by atomic mass is 10.0. The Kier molecular flexibility index (Phi) is 5.61. The van der Waals surface area contributed by atoms with Crippen LogP contribution in [0.5, 0.6) is 0 Å². The first-order chi connectivity index (χ1) is 12.9.